The second-order valence-corrected chi connectivity index (χ2v) is 6.45. The number of imidazole rings is 1. The van der Waals surface area contributed by atoms with E-state index in [1.54, 1.807) is 17.5 Å². The maximum absolute atomic E-state index is 12.3. The molecular weight excluding hydrogens is 306 g/mol. The second kappa shape index (κ2) is 4.68. The summed E-state index contributed by atoms with van der Waals surface area (Å²) in [4.78, 5) is 19.3. The van der Waals surface area contributed by atoms with E-state index in [0.717, 1.165) is 27.3 Å². The highest BCUT2D eigenvalue weighted by molar-refractivity contribution is 7.21. The third-order valence-corrected chi connectivity index (χ3v) is 5.07. The Morgan fingerprint density at radius 2 is 2.43 bits per heavy atom. The molecule has 4 rings (SSSR count). The number of H-pyrrole nitrogens is 1. The number of nitrogens with zero attached hydrogens (tertiary/aromatic N) is 3. The van der Waals surface area contributed by atoms with Crippen molar-refractivity contribution in [3.8, 4) is 0 Å². The number of carbonyl (C=O) groups excluding carboxylic acids is 1. The van der Waals surface area contributed by atoms with Gasteiger partial charge in [-0.15, -0.1) is 22.7 Å². The molecule has 4 aromatic rings. The molecule has 0 saturated carbocycles. The van der Waals surface area contributed by atoms with Gasteiger partial charge >= 0.3 is 0 Å². The van der Waals surface area contributed by atoms with Gasteiger partial charge in [0, 0.05) is 17.1 Å². The zero-order chi connectivity index (χ0) is 14.4. The van der Waals surface area contributed by atoms with Crippen molar-refractivity contribution in [3.05, 3.63) is 34.3 Å². The minimum absolute atomic E-state index is 0.138. The number of aromatic nitrogens is 4. The van der Waals surface area contributed by atoms with Crippen LogP contribution < -0.4 is 5.32 Å². The number of carbonyl (C=O) groups is 1. The van der Waals surface area contributed by atoms with Crippen LogP contribution in [0.5, 0.6) is 0 Å². The standard InChI is InChI=1S/C13H11N5OS2/c1-2-7-6-14-17-10(7)15-11(19)9-5-8-12(21-9)16-13-18(8)3-4-20-13/h3-6H,2H2,1H3,(H2,14,15,17,19). The molecule has 0 unspecified atom stereocenters. The molecule has 4 heterocycles. The number of thiazole rings is 1. The molecule has 0 aliphatic heterocycles. The smallest absolute Gasteiger partial charge is 0.267 e. The van der Waals surface area contributed by atoms with E-state index >= 15 is 0 Å². The van der Waals surface area contributed by atoms with Gasteiger partial charge in [-0.2, -0.15) is 5.10 Å². The Kier molecular flexibility index (Phi) is 2.79. The fraction of sp³-hybridized carbons (Fsp3) is 0.154. The highest BCUT2D eigenvalue weighted by Crippen LogP contribution is 2.28. The molecule has 0 aliphatic carbocycles. The molecule has 0 saturated heterocycles. The number of thiophene rings is 1. The summed E-state index contributed by atoms with van der Waals surface area (Å²) in [5.41, 5.74) is 1.97. The van der Waals surface area contributed by atoms with Crippen LogP contribution in [0.1, 0.15) is 22.2 Å². The Balaban J connectivity index is 1.68. The third-order valence-electron chi connectivity index (χ3n) is 3.30. The van der Waals surface area contributed by atoms with E-state index in [1.165, 1.54) is 11.3 Å². The highest BCUT2D eigenvalue weighted by atomic mass is 32.1. The van der Waals surface area contributed by atoms with E-state index in [2.05, 4.69) is 20.5 Å². The van der Waals surface area contributed by atoms with Gasteiger partial charge < -0.3 is 5.32 Å². The number of nitrogens with one attached hydrogen (secondary N) is 2. The molecule has 0 aliphatic rings. The van der Waals surface area contributed by atoms with Crippen molar-refractivity contribution in [1.29, 1.82) is 0 Å². The first kappa shape index (κ1) is 12.5. The Bertz CT molecular complexity index is 944. The molecule has 0 aromatic carbocycles. The lowest BCUT2D eigenvalue weighted by Crippen LogP contribution is -2.11. The zero-order valence-corrected chi connectivity index (χ0v) is 12.7. The fourth-order valence-corrected chi connectivity index (χ4v) is 3.92. The van der Waals surface area contributed by atoms with Crippen molar-refractivity contribution in [2.24, 2.45) is 0 Å². The first-order valence-corrected chi connectivity index (χ1v) is 8.14. The predicted octanol–water partition coefficient (Wildman–Crippen LogP) is 3.15. The lowest BCUT2D eigenvalue weighted by molar-refractivity contribution is 0.103. The summed E-state index contributed by atoms with van der Waals surface area (Å²) >= 11 is 2.98. The van der Waals surface area contributed by atoms with Crippen LogP contribution in [0.2, 0.25) is 0 Å². The summed E-state index contributed by atoms with van der Waals surface area (Å²) in [5.74, 6) is 0.526. The van der Waals surface area contributed by atoms with E-state index in [1.807, 2.05) is 29.0 Å². The van der Waals surface area contributed by atoms with Gasteiger partial charge in [-0.3, -0.25) is 14.3 Å². The number of anilines is 1. The van der Waals surface area contributed by atoms with Crippen molar-refractivity contribution < 1.29 is 4.79 Å². The van der Waals surface area contributed by atoms with Crippen LogP contribution in [-0.2, 0) is 6.42 Å². The van der Waals surface area contributed by atoms with Crippen LogP contribution in [-0.4, -0.2) is 25.5 Å². The summed E-state index contributed by atoms with van der Waals surface area (Å²) < 4.78 is 2.00. The first-order valence-electron chi connectivity index (χ1n) is 6.45. The minimum atomic E-state index is -0.138. The number of amides is 1. The summed E-state index contributed by atoms with van der Waals surface area (Å²) in [6.45, 7) is 2.02. The molecule has 4 aromatic heterocycles. The van der Waals surface area contributed by atoms with Gasteiger partial charge in [0.2, 0.25) is 0 Å². The number of aromatic amines is 1. The molecule has 0 fully saturated rings. The number of rotatable bonds is 3. The van der Waals surface area contributed by atoms with Gasteiger partial charge in [-0.25, -0.2) is 4.98 Å². The summed E-state index contributed by atoms with van der Waals surface area (Å²) in [6.07, 6.45) is 4.51. The normalized spacial score (nSPS) is 11.5. The molecule has 0 atom stereocenters. The average Bonchev–Trinajstić information content (AvgIpc) is 3.17. The van der Waals surface area contributed by atoms with E-state index in [9.17, 15) is 4.79 Å². The lowest BCUT2D eigenvalue weighted by Gasteiger charge is -2.02. The van der Waals surface area contributed by atoms with Gasteiger partial charge in [0.05, 0.1) is 16.6 Å². The minimum Gasteiger partial charge on any atom is -0.306 e. The molecule has 1 amide bonds. The van der Waals surface area contributed by atoms with Crippen molar-refractivity contribution in [1.82, 2.24) is 19.6 Å². The van der Waals surface area contributed by atoms with Crippen LogP contribution in [0.3, 0.4) is 0 Å². The Morgan fingerprint density at radius 3 is 3.29 bits per heavy atom. The predicted molar refractivity (Wildman–Crippen MR) is 84.4 cm³/mol. The zero-order valence-electron chi connectivity index (χ0n) is 11.1. The van der Waals surface area contributed by atoms with Crippen molar-refractivity contribution in [3.63, 3.8) is 0 Å². The molecule has 0 spiro atoms. The number of hydrogen-bond acceptors (Lipinski definition) is 5. The van der Waals surface area contributed by atoms with Gasteiger partial charge in [0.25, 0.3) is 5.91 Å². The van der Waals surface area contributed by atoms with Crippen LogP contribution in [0.4, 0.5) is 5.82 Å². The molecule has 6 nitrogen and oxygen atoms in total. The fourth-order valence-electron chi connectivity index (χ4n) is 2.22. The van der Waals surface area contributed by atoms with Crippen LogP contribution in [0.15, 0.2) is 23.8 Å². The van der Waals surface area contributed by atoms with Crippen LogP contribution in [0, 0.1) is 0 Å². The molecule has 106 valence electrons. The van der Waals surface area contributed by atoms with E-state index in [0.29, 0.717) is 10.7 Å². The first-order chi connectivity index (χ1) is 10.3. The third kappa shape index (κ3) is 1.95. The van der Waals surface area contributed by atoms with Gasteiger partial charge in [0.15, 0.2) is 4.96 Å². The highest BCUT2D eigenvalue weighted by Gasteiger charge is 2.16. The molecular formula is C13H11N5OS2. The van der Waals surface area contributed by atoms with E-state index in [-0.39, 0.29) is 5.91 Å². The molecule has 2 N–H and O–H groups in total. The van der Waals surface area contributed by atoms with E-state index in [4.69, 9.17) is 0 Å². The van der Waals surface area contributed by atoms with Crippen LogP contribution >= 0.6 is 22.7 Å². The van der Waals surface area contributed by atoms with Crippen molar-refractivity contribution in [2.75, 3.05) is 5.32 Å². The Labute approximate surface area is 127 Å². The second-order valence-electron chi connectivity index (χ2n) is 4.55. The van der Waals surface area contributed by atoms with Crippen LogP contribution in [0.25, 0.3) is 15.3 Å². The summed E-state index contributed by atoms with van der Waals surface area (Å²) in [6, 6.07) is 1.88. The largest absolute Gasteiger partial charge is 0.306 e. The quantitative estimate of drug-likeness (QED) is 0.609. The Hall–Kier alpha value is -2.19. The van der Waals surface area contributed by atoms with Gasteiger partial charge in [-0.05, 0) is 12.5 Å². The maximum atomic E-state index is 12.3. The van der Waals surface area contributed by atoms with Crippen molar-refractivity contribution >= 4 is 49.7 Å². The Morgan fingerprint density at radius 1 is 1.52 bits per heavy atom. The summed E-state index contributed by atoms with van der Waals surface area (Å²) in [7, 11) is 0. The molecule has 8 heteroatoms. The maximum Gasteiger partial charge on any atom is 0.267 e. The average molecular weight is 317 g/mol. The van der Waals surface area contributed by atoms with E-state index < -0.39 is 0 Å². The lowest BCUT2D eigenvalue weighted by atomic mass is 10.2. The SMILES string of the molecule is CCc1cn[nH]c1NC(=O)c1cc2c(nc3sccn32)s1. The molecule has 0 radical (unpaired) electrons. The monoisotopic (exact) mass is 317 g/mol. The number of aryl methyl sites for hydroxylation is 1. The molecule has 0 bridgehead atoms. The van der Waals surface area contributed by atoms with Crippen molar-refractivity contribution in [2.45, 2.75) is 13.3 Å². The molecule has 21 heavy (non-hydrogen) atoms. The topological polar surface area (TPSA) is 75.1 Å². The number of hydrogen-bond donors (Lipinski definition) is 2. The number of fused-ring (bicyclic) bond motifs is 3. The van der Waals surface area contributed by atoms with Gasteiger partial charge in [-0.1, -0.05) is 6.92 Å². The van der Waals surface area contributed by atoms with Gasteiger partial charge in [0.1, 0.15) is 10.6 Å². The summed E-state index contributed by atoms with van der Waals surface area (Å²) in [5, 5.41) is 11.6.